The van der Waals surface area contributed by atoms with Gasteiger partial charge in [-0.25, -0.2) is 24.0 Å². The Kier molecular flexibility index (Phi) is 8.80. The average molecular weight is 566 g/mol. The standard InChI is InChI=1S/C27H31N7O7/c1-5-28-24(36)18-7-6-15(2)21(10-18)32-23-22-16(3)20(11-33(22)31-12-29-23)25(37)34(19-8-9-19)27(39)41-14-40-26(38)17(4)30-13-35/h6-7,10-13,17,19H,5,8-9,14H2,1-4H3,(H,28,36)(H,30,35)(H,29,31,32). The highest BCUT2D eigenvalue weighted by Gasteiger charge is 2.40. The molecule has 1 aromatic carbocycles. The van der Waals surface area contributed by atoms with Gasteiger partial charge >= 0.3 is 12.1 Å². The second-order valence-corrected chi connectivity index (χ2v) is 9.49. The molecule has 0 bridgehead atoms. The van der Waals surface area contributed by atoms with E-state index in [-0.39, 0.29) is 17.5 Å². The molecule has 2 heterocycles. The quantitative estimate of drug-likeness (QED) is 0.178. The van der Waals surface area contributed by atoms with Gasteiger partial charge < -0.3 is 25.4 Å². The van der Waals surface area contributed by atoms with E-state index in [9.17, 15) is 24.0 Å². The monoisotopic (exact) mass is 565 g/mol. The van der Waals surface area contributed by atoms with Crippen LogP contribution in [0.3, 0.4) is 0 Å². The van der Waals surface area contributed by atoms with Crippen molar-refractivity contribution in [2.45, 2.75) is 52.6 Å². The molecular formula is C27H31N7O7. The van der Waals surface area contributed by atoms with Crippen molar-refractivity contribution in [3.05, 3.63) is 53.0 Å². The van der Waals surface area contributed by atoms with Crippen molar-refractivity contribution in [2.75, 3.05) is 18.7 Å². The molecular weight excluding hydrogens is 534 g/mol. The molecule has 0 radical (unpaired) electrons. The van der Waals surface area contributed by atoms with Gasteiger partial charge in [-0.2, -0.15) is 5.10 Å². The molecule has 0 aliphatic heterocycles. The number of carbonyl (C=O) groups is 5. The molecule has 3 aromatic rings. The molecule has 1 aliphatic rings. The summed E-state index contributed by atoms with van der Waals surface area (Å²) in [5.41, 5.74) is 3.24. The molecule has 4 rings (SSSR count). The lowest BCUT2D eigenvalue weighted by atomic mass is 10.1. The Morgan fingerprint density at radius 2 is 1.95 bits per heavy atom. The number of nitrogens with zero attached hydrogens (tertiary/aromatic N) is 4. The van der Waals surface area contributed by atoms with Crippen molar-refractivity contribution in [1.82, 2.24) is 30.1 Å². The Hall–Kier alpha value is -5.01. The van der Waals surface area contributed by atoms with Crippen molar-refractivity contribution >= 4 is 47.3 Å². The van der Waals surface area contributed by atoms with Gasteiger partial charge in [0.25, 0.3) is 11.8 Å². The van der Waals surface area contributed by atoms with Gasteiger partial charge in [0.05, 0.1) is 5.56 Å². The second-order valence-electron chi connectivity index (χ2n) is 9.49. The lowest BCUT2D eigenvalue weighted by Crippen LogP contribution is -2.40. The van der Waals surface area contributed by atoms with E-state index >= 15 is 0 Å². The Morgan fingerprint density at radius 3 is 2.63 bits per heavy atom. The Balaban J connectivity index is 1.56. The highest BCUT2D eigenvalue weighted by Crippen LogP contribution is 2.32. The summed E-state index contributed by atoms with van der Waals surface area (Å²) in [6.45, 7) is 6.63. The SMILES string of the molecule is CCNC(=O)c1ccc(C)c(Nc2ncnn3cc(C(=O)N(C(=O)OCOC(=O)C(C)NC=O)C4CC4)c(C)c23)c1. The number of esters is 1. The molecule has 3 N–H and O–H groups in total. The molecule has 1 fully saturated rings. The maximum absolute atomic E-state index is 13.6. The van der Waals surface area contributed by atoms with Gasteiger partial charge in [0.15, 0.2) is 5.82 Å². The highest BCUT2D eigenvalue weighted by atomic mass is 16.7. The zero-order valence-electron chi connectivity index (χ0n) is 23.1. The first-order chi connectivity index (χ1) is 19.7. The predicted octanol–water partition coefficient (Wildman–Crippen LogP) is 2.22. The van der Waals surface area contributed by atoms with Crippen LogP contribution >= 0.6 is 0 Å². The molecule has 14 heteroatoms. The van der Waals surface area contributed by atoms with E-state index in [0.717, 1.165) is 10.5 Å². The molecule has 216 valence electrons. The summed E-state index contributed by atoms with van der Waals surface area (Å²) >= 11 is 0. The van der Waals surface area contributed by atoms with Crippen LogP contribution < -0.4 is 16.0 Å². The van der Waals surface area contributed by atoms with Crippen molar-refractivity contribution in [2.24, 2.45) is 0 Å². The topological polar surface area (TPSA) is 173 Å². The molecule has 4 amide bonds. The smallest absolute Gasteiger partial charge is 0.419 e. The van der Waals surface area contributed by atoms with Gasteiger partial charge in [0, 0.05) is 30.0 Å². The summed E-state index contributed by atoms with van der Waals surface area (Å²) in [6.07, 6.45) is 3.45. The number of hydrogen-bond acceptors (Lipinski definition) is 10. The van der Waals surface area contributed by atoms with E-state index in [1.807, 2.05) is 19.9 Å². The summed E-state index contributed by atoms with van der Waals surface area (Å²) in [4.78, 5) is 66.5. The number of fused-ring (bicyclic) bond motifs is 1. The van der Waals surface area contributed by atoms with Crippen LogP contribution in [0.15, 0.2) is 30.7 Å². The van der Waals surface area contributed by atoms with E-state index in [1.54, 1.807) is 19.1 Å². The van der Waals surface area contributed by atoms with E-state index < -0.39 is 30.8 Å². The third kappa shape index (κ3) is 6.42. The van der Waals surface area contributed by atoms with Crippen LogP contribution in [0, 0.1) is 13.8 Å². The van der Waals surface area contributed by atoms with Crippen LogP contribution in [0.1, 0.15) is 58.5 Å². The summed E-state index contributed by atoms with van der Waals surface area (Å²) in [5, 5.41) is 12.5. The molecule has 14 nitrogen and oxygen atoms in total. The fourth-order valence-electron chi connectivity index (χ4n) is 4.12. The van der Waals surface area contributed by atoms with Crippen molar-refractivity contribution in [1.29, 1.82) is 0 Å². The fraction of sp³-hybridized carbons (Fsp3) is 0.370. The Labute approximate surface area is 235 Å². The summed E-state index contributed by atoms with van der Waals surface area (Å²) in [7, 11) is 0. The Morgan fingerprint density at radius 1 is 1.20 bits per heavy atom. The maximum Gasteiger partial charge on any atom is 0.419 e. The molecule has 0 saturated heterocycles. The van der Waals surface area contributed by atoms with Gasteiger partial charge in [-0.1, -0.05) is 6.07 Å². The minimum absolute atomic E-state index is 0.205. The van der Waals surface area contributed by atoms with Crippen LogP contribution in [-0.2, 0) is 19.1 Å². The number of ether oxygens (including phenoxy) is 2. The van der Waals surface area contributed by atoms with Crippen molar-refractivity contribution in [3.8, 4) is 0 Å². The van der Waals surface area contributed by atoms with Gasteiger partial charge in [0.2, 0.25) is 13.2 Å². The summed E-state index contributed by atoms with van der Waals surface area (Å²) in [6, 6.07) is 3.99. The summed E-state index contributed by atoms with van der Waals surface area (Å²) < 4.78 is 11.4. The number of amides is 4. The lowest BCUT2D eigenvalue weighted by molar-refractivity contribution is -0.154. The number of hydrogen-bond donors (Lipinski definition) is 3. The van der Waals surface area contributed by atoms with Crippen LogP contribution in [0.25, 0.3) is 5.52 Å². The molecule has 1 saturated carbocycles. The third-order valence-electron chi connectivity index (χ3n) is 6.53. The van der Waals surface area contributed by atoms with E-state index in [4.69, 9.17) is 9.47 Å². The number of benzene rings is 1. The Bertz CT molecular complexity index is 1500. The zero-order chi connectivity index (χ0) is 29.7. The minimum atomic E-state index is -0.960. The summed E-state index contributed by atoms with van der Waals surface area (Å²) in [5.74, 6) is -1.19. The largest absolute Gasteiger partial charge is 0.426 e. The maximum atomic E-state index is 13.6. The van der Waals surface area contributed by atoms with E-state index in [0.29, 0.717) is 53.9 Å². The zero-order valence-corrected chi connectivity index (χ0v) is 23.1. The number of rotatable bonds is 11. The second kappa shape index (κ2) is 12.4. The number of anilines is 2. The van der Waals surface area contributed by atoms with Gasteiger partial charge in [-0.05, 0) is 63.8 Å². The van der Waals surface area contributed by atoms with Crippen LogP contribution in [0.5, 0.6) is 0 Å². The number of aromatic nitrogens is 3. The average Bonchev–Trinajstić information content (AvgIpc) is 3.71. The number of nitrogens with one attached hydrogen (secondary N) is 3. The van der Waals surface area contributed by atoms with Crippen LogP contribution in [-0.4, -0.2) is 75.2 Å². The molecule has 1 unspecified atom stereocenters. The molecule has 41 heavy (non-hydrogen) atoms. The molecule has 2 aromatic heterocycles. The van der Waals surface area contributed by atoms with Gasteiger partial charge in [0.1, 0.15) is 17.9 Å². The first-order valence-electron chi connectivity index (χ1n) is 13.0. The van der Waals surface area contributed by atoms with Gasteiger partial charge in [-0.3, -0.25) is 14.4 Å². The highest BCUT2D eigenvalue weighted by molar-refractivity contribution is 6.06. The van der Waals surface area contributed by atoms with Crippen molar-refractivity contribution < 1.29 is 33.4 Å². The first kappa shape index (κ1) is 29.0. The normalized spacial score (nSPS) is 13.2. The fourth-order valence-corrected chi connectivity index (χ4v) is 4.12. The van der Waals surface area contributed by atoms with Crippen LogP contribution in [0.4, 0.5) is 16.3 Å². The lowest BCUT2D eigenvalue weighted by Gasteiger charge is -2.20. The van der Waals surface area contributed by atoms with Crippen molar-refractivity contribution in [3.63, 3.8) is 0 Å². The van der Waals surface area contributed by atoms with E-state index in [2.05, 4.69) is 26.0 Å². The number of aryl methyl sites for hydroxylation is 2. The molecule has 0 spiro atoms. The molecule has 1 aliphatic carbocycles. The van der Waals surface area contributed by atoms with E-state index in [1.165, 1.54) is 24.0 Å². The molecule has 1 atom stereocenters. The minimum Gasteiger partial charge on any atom is -0.426 e. The van der Waals surface area contributed by atoms with Crippen LogP contribution in [0.2, 0.25) is 0 Å². The predicted molar refractivity (Wildman–Crippen MR) is 145 cm³/mol. The number of imide groups is 1. The van der Waals surface area contributed by atoms with Gasteiger partial charge in [-0.15, -0.1) is 0 Å². The first-order valence-corrected chi connectivity index (χ1v) is 13.0. The third-order valence-corrected chi connectivity index (χ3v) is 6.53. The number of carbonyl (C=O) groups excluding carboxylic acids is 5.